The number of carbonyl (C=O) groups is 4. The first-order valence-electron chi connectivity index (χ1n) is 15.7. The highest BCUT2D eigenvalue weighted by Crippen LogP contribution is 2.28. The monoisotopic (exact) mass is 647 g/mol. The van der Waals surface area contributed by atoms with Gasteiger partial charge < -0.3 is 25.7 Å². The van der Waals surface area contributed by atoms with E-state index < -0.39 is 24.5 Å². The van der Waals surface area contributed by atoms with E-state index in [0.29, 0.717) is 40.0 Å². The van der Waals surface area contributed by atoms with Crippen molar-refractivity contribution in [3.05, 3.63) is 108 Å². The number of Topliss-reactive ketones (excluding diaryl/α,β-unsaturated/α-hetero) is 1. The molecule has 3 aromatic carbocycles. The van der Waals surface area contributed by atoms with Gasteiger partial charge in [-0.3, -0.25) is 29.1 Å². The number of anilines is 2. The summed E-state index contributed by atoms with van der Waals surface area (Å²) in [4.78, 5) is 63.2. The van der Waals surface area contributed by atoms with Gasteiger partial charge in [0.25, 0.3) is 0 Å². The number of rotatable bonds is 14. The Morgan fingerprint density at radius 3 is 2.15 bits per heavy atom. The minimum atomic E-state index is -1.23. The molecule has 0 aliphatic heterocycles. The Labute approximate surface area is 277 Å². The van der Waals surface area contributed by atoms with E-state index in [0.717, 1.165) is 10.8 Å². The third-order valence-electron chi connectivity index (χ3n) is 8.07. The Hall–Kier alpha value is -5.52. The Morgan fingerprint density at radius 1 is 0.812 bits per heavy atom. The molecule has 246 valence electrons. The zero-order valence-corrected chi connectivity index (χ0v) is 26.5. The minimum Gasteiger partial charge on any atom is -0.394 e. The summed E-state index contributed by atoms with van der Waals surface area (Å²) in [5, 5.41) is 26.8. The highest BCUT2D eigenvalue weighted by molar-refractivity contribution is 6.14. The lowest BCUT2D eigenvalue weighted by atomic mass is 9.89. The van der Waals surface area contributed by atoms with Crippen LogP contribution in [0.4, 0.5) is 11.4 Å². The Kier molecular flexibility index (Phi) is 11.2. The maximum Gasteiger partial charge on any atom is 0.239 e. The zero-order valence-electron chi connectivity index (χ0n) is 26.5. The lowest BCUT2D eigenvalue weighted by Gasteiger charge is -2.26. The number of amides is 3. The van der Waals surface area contributed by atoms with E-state index in [9.17, 15) is 29.4 Å². The van der Waals surface area contributed by atoms with Crippen LogP contribution in [0.1, 0.15) is 36.3 Å². The summed E-state index contributed by atoms with van der Waals surface area (Å²) in [5.74, 6) is -2.67. The van der Waals surface area contributed by atoms with E-state index in [1.54, 1.807) is 54.9 Å². The predicted molar refractivity (Wildman–Crippen MR) is 183 cm³/mol. The van der Waals surface area contributed by atoms with Crippen molar-refractivity contribution in [2.75, 3.05) is 30.4 Å². The highest BCUT2D eigenvalue weighted by atomic mass is 16.3. The molecule has 0 radical (unpaired) electrons. The van der Waals surface area contributed by atoms with Gasteiger partial charge in [0.2, 0.25) is 17.7 Å². The van der Waals surface area contributed by atoms with Gasteiger partial charge in [-0.05, 0) is 47.9 Å². The lowest BCUT2D eigenvalue weighted by Crippen LogP contribution is -2.39. The van der Waals surface area contributed by atoms with Gasteiger partial charge in [0.05, 0.1) is 36.0 Å². The van der Waals surface area contributed by atoms with Crippen molar-refractivity contribution in [1.82, 2.24) is 15.3 Å². The number of fused-ring (bicyclic) bond motifs is 2. The van der Waals surface area contributed by atoms with Gasteiger partial charge in [0.15, 0.2) is 5.78 Å². The van der Waals surface area contributed by atoms with Crippen molar-refractivity contribution in [2.45, 2.75) is 37.7 Å². The predicted octanol–water partition coefficient (Wildman–Crippen LogP) is 3.92. The van der Waals surface area contributed by atoms with Crippen molar-refractivity contribution in [2.24, 2.45) is 0 Å². The second-order valence-corrected chi connectivity index (χ2v) is 11.4. The van der Waals surface area contributed by atoms with Crippen LogP contribution in [0.5, 0.6) is 0 Å². The molecule has 0 saturated carbocycles. The highest BCUT2D eigenvalue weighted by Gasteiger charge is 2.30. The van der Waals surface area contributed by atoms with Gasteiger partial charge in [-0.1, -0.05) is 54.6 Å². The summed E-state index contributed by atoms with van der Waals surface area (Å²) < 4.78 is 0. The number of para-hydroxylation sites is 2. The summed E-state index contributed by atoms with van der Waals surface area (Å²) in [6.45, 7) is -0.734. The fraction of sp³-hybridized carbons (Fsp3) is 0.243. The van der Waals surface area contributed by atoms with Crippen molar-refractivity contribution in [3.63, 3.8) is 0 Å². The van der Waals surface area contributed by atoms with E-state index in [2.05, 4.69) is 20.6 Å². The molecule has 3 amide bonds. The summed E-state index contributed by atoms with van der Waals surface area (Å²) in [6, 6.07) is 24.8. The molecular weight excluding hydrogens is 610 g/mol. The van der Waals surface area contributed by atoms with Crippen molar-refractivity contribution in [3.8, 4) is 0 Å². The van der Waals surface area contributed by atoms with Gasteiger partial charge in [-0.2, -0.15) is 0 Å². The van der Waals surface area contributed by atoms with Crippen LogP contribution in [0, 0.1) is 0 Å². The second-order valence-electron chi connectivity index (χ2n) is 11.4. The molecule has 0 bridgehead atoms. The number of aromatic nitrogens is 2. The van der Waals surface area contributed by atoms with E-state index >= 15 is 0 Å². The number of hydrogen-bond acceptors (Lipinski definition) is 8. The molecule has 11 heteroatoms. The van der Waals surface area contributed by atoms with E-state index in [1.807, 2.05) is 42.5 Å². The Balaban J connectivity index is 1.46. The molecule has 2 atom stereocenters. The van der Waals surface area contributed by atoms with Gasteiger partial charge in [0.1, 0.15) is 5.92 Å². The summed E-state index contributed by atoms with van der Waals surface area (Å²) in [6.07, 6.45) is 2.53. The van der Waals surface area contributed by atoms with Crippen LogP contribution in [-0.2, 0) is 25.6 Å². The van der Waals surface area contributed by atoms with Crippen LogP contribution in [0.2, 0.25) is 0 Å². The molecule has 0 saturated heterocycles. The molecule has 0 aliphatic carbocycles. The number of pyridine rings is 2. The number of carbonyl (C=O) groups excluding carboxylic acids is 4. The third-order valence-corrected chi connectivity index (χ3v) is 8.07. The third kappa shape index (κ3) is 8.06. The number of aliphatic hydroxyl groups is 2. The van der Waals surface area contributed by atoms with Crippen LogP contribution < -0.4 is 15.5 Å². The number of nitrogens with zero attached hydrogens (tertiary/aromatic N) is 3. The Morgan fingerprint density at radius 2 is 1.46 bits per heavy atom. The summed E-state index contributed by atoms with van der Waals surface area (Å²) in [7, 11) is 1.52. The molecule has 2 heterocycles. The van der Waals surface area contributed by atoms with Gasteiger partial charge in [-0.15, -0.1) is 0 Å². The number of hydrogen-bond donors (Lipinski definition) is 4. The number of nitrogens with one attached hydrogen (secondary N) is 2. The normalized spacial score (nSPS) is 12.3. The van der Waals surface area contributed by atoms with Crippen LogP contribution in [0.15, 0.2) is 97.3 Å². The molecule has 11 nitrogen and oxygen atoms in total. The zero-order chi connectivity index (χ0) is 34.0. The van der Waals surface area contributed by atoms with Crippen LogP contribution in [0.25, 0.3) is 21.8 Å². The van der Waals surface area contributed by atoms with Gasteiger partial charge in [0, 0.05) is 55.2 Å². The van der Waals surface area contributed by atoms with Crippen molar-refractivity contribution >= 4 is 56.7 Å². The lowest BCUT2D eigenvalue weighted by molar-refractivity contribution is -0.127. The maximum atomic E-state index is 14.1. The largest absolute Gasteiger partial charge is 0.394 e. The molecule has 5 aromatic rings. The van der Waals surface area contributed by atoms with E-state index in [4.69, 9.17) is 0 Å². The van der Waals surface area contributed by atoms with Crippen LogP contribution >= 0.6 is 0 Å². The van der Waals surface area contributed by atoms with Gasteiger partial charge >= 0.3 is 0 Å². The van der Waals surface area contributed by atoms with Crippen molar-refractivity contribution < 1.29 is 29.4 Å². The SMILES string of the molecule is CNC(=O)CCCC(=O)N(C[C@@H](O)CO)c1ccc(C(C(=O)Cc2cccc3cccnc23)C(=O)Nc2cccc3cccnc23)cc1. The topological polar surface area (TPSA) is 162 Å². The molecule has 48 heavy (non-hydrogen) atoms. The minimum absolute atomic E-state index is 0.0367. The standard InChI is InChI=1S/C37H37N5O6/c1-38-32(46)13-4-14-33(47)42(22-29(44)23-43)28-17-15-24(16-18-28)34(31(45)21-27-9-2-7-25-10-5-19-39-35(25)27)37(48)41-30-12-3-8-26-11-6-20-40-36(26)30/h2-3,5-12,15-20,29,34,43-44H,4,13-14,21-23H2,1H3,(H,38,46)(H,41,48)/t29-,34?/m1/s1. The van der Waals surface area contributed by atoms with Crippen LogP contribution in [-0.4, -0.2) is 70.0 Å². The molecule has 5 rings (SSSR count). The number of ketones is 1. The molecule has 4 N–H and O–H groups in total. The van der Waals surface area contributed by atoms with Crippen molar-refractivity contribution in [1.29, 1.82) is 0 Å². The average molecular weight is 648 g/mol. The smallest absolute Gasteiger partial charge is 0.239 e. The summed E-state index contributed by atoms with van der Waals surface area (Å²) in [5.41, 5.74) is 3.21. The molecular formula is C37H37N5O6. The van der Waals surface area contributed by atoms with E-state index in [1.165, 1.54) is 11.9 Å². The molecule has 0 fully saturated rings. The first-order chi connectivity index (χ1) is 23.3. The van der Waals surface area contributed by atoms with E-state index in [-0.39, 0.29) is 43.4 Å². The second kappa shape index (κ2) is 15.9. The van der Waals surface area contributed by atoms with Gasteiger partial charge in [-0.25, -0.2) is 0 Å². The molecule has 0 aliphatic rings. The first-order valence-corrected chi connectivity index (χ1v) is 15.7. The maximum absolute atomic E-state index is 14.1. The molecule has 2 aromatic heterocycles. The number of benzene rings is 3. The fourth-order valence-electron chi connectivity index (χ4n) is 5.62. The summed E-state index contributed by atoms with van der Waals surface area (Å²) >= 11 is 0. The quantitative estimate of drug-likeness (QED) is 0.132. The fourth-order valence-corrected chi connectivity index (χ4v) is 5.62. The average Bonchev–Trinajstić information content (AvgIpc) is 3.11. The molecule has 1 unspecified atom stereocenters. The van der Waals surface area contributed by atoms with Crippen LogP contribution in [0.3, 0.4) is 0 Å². The Bertz CT molecular complexity index is 1830. The first kappa shape index (κ1) is 33.8. The molecule has 0 spiro atoms. The number of aliphatic hydroxyl groups excluding tert-OH is 2.